The summed E-state index contributed by atoms with van der Waals surface area (Å²) in [5, 5.41) is 13.7. The fourth-order valence-corrected chi connectivity index (χ4v) is 7.83. The van der Waals surface area contributed by atoms with Crippen molar-refractivity contribution < 1.29 is 28.4 Å². The van der Waals surface area contributed by atoms with Crippen LogP contribution < -0.4 is 11.1 Å². The number of phosphoric ester groups is 1. The van der Waals surface area contributed by atoms with Crippen LogP contribution in [0.3, 0.4) is 0 Å². The third-order valence-corrected chi connectivity index (χ3v) is 11.6. The third-order valence-electron chi connectivity index (χ3n) is 10.6. The summed E-state index contributed by atoms with van der Waals surface area (Å²) < 4.78 is 22.2. The van der Waals surface area contributed by atoms with Gasteiger partial charge in [-0.05, 0) is 19.3 Å². The summed E-state index contributed by atoms with van der Waals surface area (Å²) in [5.74, 6) is -0.189. The molecule has 54 heavy (non-hydrogen) atoms. The molecule has 0 aromatic carbocycles. The molecule has 0 heterocycles. The maximum atomic E-state index is 12.8. The first-order valence-electron chi connectivity index (χ1n) is 23.3. The first-order valence-corrected chi connectivity index (χ1v) is 24.8. The number of carbonyl (C=O) groups excluding carboxylic acids is 1. The SMILES string of the molecule is CCCCCCCCCCCCCCC/C=C/[C@@H](O)[C@H](COP(=O)(O)OCCN)NC(=O)CCCCCCCCCCCCCCCCCCCCCC. The number of carbonyl (C=O) groups is 1. The lowest BCUT2D eigenvalue weighted by atomic mass is 10.0. The van der Waals surface area contributed by atoms with Gasteiger partial charge in [0.15, 0.2) is 0 Å². The van der Waals surface area contributed by atoms with Crippen LogP contribution in [0, 0.1) is 0 Å². The van der Waals surface area contributed by atoms with E-state index in [0.717, 1.165) is 38.5 Å². The zero-order chi connectivity index (χ0) is 39.6. The van der Waals surface area contributed by atoms with Crippen molar-refractivity contribution in [1.82, 2.24) is 5.32 Å². The van der Waals surface area contributed by atoms with E-state index >= 15 is 0 Å². The Kier molecular flexibility index (Phi) is 41.3. The molecule has 0 aromatic rings. The monoisotopic (exact) mass is 787 g/mol. The van der Waals surface area contributed by atoms with Gasteiger partial charge in [-0.3, -0.25) is 13.8 Å². The molecule has 322 valence electrons. The van der Waals surface area contributed by atoms with Crippen LogP contribution in [0.5, 0.6) is 0 Å². The summed E-state index contributed by atoms with van der Waals surface area (Å²) in [4.78, 5) is 22.7. The van der Waals surface area contributed by atoms with E-state index in [2.05, 4.69) is 19.2 Å². The van der Waals surface area contributed by atoms with Gasteiger partial charge in [-0.1, -0.05) is 225 Å². The Morgan fingerprint density at radius 2 is 0.944 bits per heavy atom. The Morgan fingerprint density at radius 1 is 0.593 bits per heavy atom. The van der Waals surface area contributed by atoms with Crippen LogP contribution in [0.2, 0.25) is 0 Å². The molecule has 9 heteroatoms. The summed E-state index contributed by atoms with van der Waals surface area (Å²) in [7, 11) is -4.33. The molecular formula is C45H91N2O6P. The van der Waals surface area contributed by atoms with E-state index in [9.17, 15) is 19.4 Å². The summed E-state index contributed by atoms with van der Waals surface area (Å²) in [5.41, 5.74) is 5.38. The quantitative estimate of drug-likeness (QED) is 0.0275. The minimum Gasteiger partial charge on any atom is -0.387 e. The Hall–Kier alpha value is -0.760. The predicted octanol–water partition coefficient (Wildman–Crippen LogP) is 13.2. The van der Waals surface area contributed by atoms with Gasteiger partial charge in [0.05, 0.1) is 25.4 Å². The molecule has 0 radical (unpaired) electrons. The number of allylic oxidation sites excluding steroid dienone is 1. The van der Waals surface area contributed by atoms with Gasteiger partial charge in [0.25, 0.3) is 0 Å². The van der Waals surface area contributed by atoms with E-state index in [1.54, 1.807) is 6.08 Å². The van der Waals surface area contributed by atoms with Gasteiger partial charge in [0.1, 0.15) is 0 Å². The lowest BCUT2D eigenvalue weighted by Gasteiger charge is -2.23. The van der Waals surface area contributed by atoms with Crippen LogP contribution in [0.1, 0.15) is 239 Å². The number of phosphoric acid groups is 1. The van der Waals surface area contributed by atoms with Crippen molar-refractivity contribution in [3.8, 4) is 0 Å². The molecule has 0 aliphatic heterocycles. The number of aliphatic hydroxyl groups is 1. The van der Waals surface area contributed by atoms with Crippen molar-refractivity contribution in [3.63, 3.8) is 0 Å². The fourth-order valence-electron chi connectivity index (χ4n) is 7.07. The minimum atomic E-state index is -4.33. The molecule has 0 saturated heterocycles. The number of hydrogen-bond donors (Lipinski definition) is 4. The second kappa shape index (κ2) is 41.9. The summed E-state index contributed by atoms with van der Waals surface area (Å²) in [6.07, 6.45) is 46.9. The van der Waals surface area contributed by atoms with Crippen molar-refractivity contribution >= 4 is 13.7 Å². The van der Waals surface area contributed by atoms with E-state index < -0.39 is 20.0 Å². The van der Waals surface area contributed by atoms with Gasteiger partial charge < -0.3 is 21.1 Å². The number of nitrogens with two attached hydrogens (primary N) is 1. The first kappa shape index (κ1) is 53.2. The molecule has 0 aliphatic rings. The van der Waals surface area contributed by atoms with Gasteiger partial charge in [-0.25, -0.2) is 4.57 Å². The molecule has 0 bridgehead atoms. The molecule has 0 rings (SSSR count). The Labute approximate surface area is 335 Å². The average molecular weight is 787 g/mol. The fraction of sp³-hybridized carbons (Fsp3) is 0.933. The van der Waals surface area contributed by atoms with Gasteiger partial charge in [0, 0.05) is 13.0 Å². The van der Waals surface area contributed by atoms with E-state index in [-0.39, 0.29) is 25.7 Å². The van der Waals surface area contributed by atoms with Gasteiger partial charge >= 0.3 is 7.82 Å². The maximum Gasteiger partial charge on any atom is 0.472 e. The van der Waals surface area contributed by atoms with Crippen LogP contribution in [0.15, 0.2) is 12.2 Å². The molecule has 0 spiro atoms. The number of nitrogens with one attached hydrogen (secondary N) is 1. The molecule has 1 unspecified atom stereocenters. The van der Waals surface area contributed by atoms with E-state index in [1.807, 2.05) is 6.08 Å². The molecule has 0 saturated carbocycles. The molecule has 8 nitrogen and oxygen atoms in total. The standard InChI is InChI=1S/C45H91N2O6P/c1-3-5-7-9-11-13-15-17-19-20-21-22-23-25-27-29-31-33-35-37-39-45(49)47-43(42-53-54(50,51)52-41-40-46)44(48)38-36-34-32-30-28-26-24-18-16-14-12-10-8-6-4-2/h36,38,43-44,48H,3-35,37,39-42,46H2,1-2H3,(H,47,49)(H,50,51)/b38-36+/t43-,44+/m0/s1. The highest BCUT2D eigenvalue weighted by atomic mass is 31.2. The molecular weight excluding hydrogens is 695 g/mol. The number of hydrogen-bond acceptors (Lipinski definition) is 6. The highest BCUT2D eigenvalue weighted by molar-refractivity contribution is 7.47. The lowest BCUT2D eigenvalue weighted by molar-refractivity contribution is -0.123. The van der Waals surface area contributed by atoms with Gasteiger partial charge in [0.2, 0.25) is 5.91 Å². The second-order valence-electron chi connectivity index (χ2n) is 16.0. The van der Waals surface area contributed by atoms with Gasteiger partial charge in [-0.2, -0.15) is 0 Å². The first-order chi connectivity index (χ1) is 26.4. The average Bonchev–Trinajstić information content (AvgIpc) is 3.16. The Bertz CT molecular complexity index is 860. The summed E-state index contributed by atoms with van der Waals surface area (Å²) in [6.45, 7) is 4.17. The smallest absolute Gasteiger partial charge is 0.387 e. The van der Waals surface area contributed by atoms with Crippen molar-refractivity contribution in [2.24, 2.45) is 5.73 Å². The van der Waals surface area contributed by atoms with Crippen molar-refractivity contribution in [3.05, 3.63) is 12.2 Å². The van der Waals surface area contributed by atoms with Crippen LogP contribution >= 0.6 is 7.82 Å². The maximum absolute atomic E-state index is 12.8. The number of aliphatic hydroxyl groups excluding tert-OH is 1. The second-order valence-corrected chi connectivity index (χ2v) is 17.4. The van der Waals surface area contributed by atoms with Crippen LogP contribution in [0.25, 0.3) is 0 Å². The molecule has 5 N–H and O–H groups in total. The Balaban J connectivity index is 4.11. The molecule has 1 amide bonds. The van der Waals surface area contributed by atoms with Crippen LogP contribution in [-0.4, -0.2) is 47.8 Å². The van der Waals surface area contributed by atoms with E-state index in [1.165, 1.54) is 180 Å². The lowest BCUT2D eigenvalue weighted by Crippen LogP contribution is -2.45. The zero-order valence-electron chi connectivity index (χ0n) is 35.7. The largest absolute Gasteiger partial charge is 0.472 e. The third kappa shape index (κ3) is 39.5. The summed E-state index contributed by atoms with van der Waals surface area (Å²) >= 11 is 0. The minimum absolute atomic E-state index is 0.0815. The predicted molar refractivity (Wildman–Crippen MR) is 231 cm³/mol. The highest BCUT2D eigenvalue weighted by Gasteiger charge is 2.26. The van der Waals surface area contributed by atoms with Crippen molar-refractivity contribution in [2.45, 2.75) is 251 Å². The van der Waals surface area contributed by atoms with Crippen molar-refractivity contribution in [2.75, 3.05) is 19.8 Å². The zero-order valence-corrected chi connectivity index (χ0v) is 36.6. The summed E-state index contributed by atoms with van der Waals surface area (Å²) in [6, 6.07) is -0.854. The number of unbranched alkanes of at least 4 members (excludes halogenated alkanes) is 32. The topological polar surface area (TPSA) is 131 Å². The van der Waals surface area contributed by atoms with Crippen LogP contribution in [0.4, 0.5) is 0 Å². The number of rotatable bonds is 44. The Morgan fingerprint density at radius 3 is 1.31 bits per heavy atom. The normalized spacial score (nSPS) is 14.1. The number of amides is 1. The van der Waals surface area contributed by atoms with Gasteiger partial charge in [-0.15, -0.1) is 0 Å². The molecule has 0 aliphatic carbocycles. The van der Waals surface area contributed by atoms with E-state index in [4.69, 9.17) is 14.8 Å². The van der Waals surface area contributed by atoms with Crippen molar-refractivity contribution in [1.29, 1.82) is 0 Å². The molecule has 3 atom stereocenters. The molecule has 0 aromatic heterocycles. The van der Waals surface area contributed by atoms with Crippen LogP contribution in [-0.2, 0) is 18.4 Å². The van der Waals surface area contributed by atoms with E-state index in [0.29, 0.717) is 6.42 Å². The highest BCUT2D eigenvalue weighted by Crippen LogP contribution is 2.43. The molecule has 0 fully saturated rings.